The maximum Gasteiger partial charge on any atom is 0.259 e. The second kappa shape index (κ2) is 9.41. The predicted octanol–water partition coefficient (Wildman–Crippen LogP) is 6.07. The molecule has 0 N–H and O–H groups in total. The molecular weight excluding hydrogens is 356 g/mol. The molecule has 0 unspecified atom stereocenters. The highest BCUT2D eigenvalue weighted by Gasteiger charge is 2.54. The van der Waals surface area contributed by atoms with Crippen molar-refractivity contribution in [2.75, 3.05) is 0 Å². The first-order valence-electron chi connectivity index (χ1n) is 11.6. The molecule has 0 spiro atoms. The highest BCUT2D eigenvalue weighted by atomic mass is 28.4. The summed E-state index contributed by atoms with van der Waals surface area (Å²) in [5.41, 5.74) is 0.734. The van der Waals surface area contributed by atoms with Crippen LogP contribution in [0.25, 0.3) is 0 Å². The lowest BCUT2D eigenvalue weighted by molar-refractivity contribution is 0.0946. The number of unbranched alkanes of at least 4 members (excludes halogenated alkanes) is 3. The molecule has 1 saturated carbocycles. The average molecular weight is 393 g/mol. The molecule has 0 bridgehead atoms. The van der Waals surface area contributed by atoms with Crippen LogP contribution in [0.5, 0.6) is 0 Å². The minimum absolute atomic E-state index is 0.447. The maximum atomic E-state index is 7.33. The van der Waals surface area contributed by atoms with Crippen molar-refractivity contribution in [1.82, 2.24) is 0 Å². The Bertz CT molecular complexity index is 674. The summed E-state index contributed by atoms with van der Waals surface area (Å²) >= 11 is 0. The Morgan fingerprint density at radius 1 is 0.821 bits per heavy atom. The van der Waals surface area contributed by atoms with Crippen molar-refractivity contribution in [3.8, 4) is 0 Å². The zero-order valence-electron chi connectivity index (χ0n) is 17.5. The zero-order chi connectivity index (χ0) is 19.2. The van der Waals surface area contributed by atoms with E-state index < -0.39 is 8.32 Å². The van der Waals surface area contributed by atoms with E-state index in [0.717, 1.165) is 11.5 Å². The monoisotopic (exact) mass is 392 g/mol. The molecule has 2 aromatic rings. The van der Waals surface area contributed by atoms with Crippen molar-refractivity contribution in [3.05, 3.63) is 60.7 Å². The molecule has 2 heteroatoms. The summed E-state index contributed by atoms with van der Waals surface area (Å²) in [5, 5.41) is 2.99. The smallest absolute Gasteiger partial charge is 0.259 e. The van der Waals surface area contributed by atoms with E-state index in [-0.39, 0.29) is 0 Å². The molecule has 1 nitrogen and oxygen atoms in total. The Balaban J connectivity index is 1.72. The van der Waals surface area contributed by atoms with Gasteiger partial charge in [-0.05, 0) is 41.1 Å². The van der Waals surface area contributed by atoms with E-state index in [9.17, 15) is 0 Å². The van der Waals surface area contributed by atoms with Gasteiger partial charge in [0.1, 0.15) is 0 Å². The topological polar surface area (TPSA) is 9.23 Å². The summed E-state index contributed by atoms with van der Waals surface area (Å²) in [7, 11) is -2.23. The van der Waals surface area contributed by atoms with Crippen molar-refractivity contribution in [3.63, 3.8) is 0 Å². The van der Waals surface area contributed by atoms with Crippen LogP contribution in [0.4, 0.5) is 0 Å². The van der Waals surface area contributed by atoms with Crippen LogP contribution in [0.1, 0.15) is 71.1 Å². The molecule has 0 radical (unpaired) electrons. The molecule has 4 rings (SSSR count). The van der Waals surface area contributed by atoms with E-state index in [1.807, 2.05) is 0 Å². The standard InChI is InChI=1S/C26H36OSi/c1-2-3-4-7-15-23-21-22-14-12-13-20-26(22)28(27-23,24-16-8-5-9-17-24)25-18-10-6-11-19-25/h5-6,8-11,16-19,22-23,26H,2-4,7,12-15,20-21H2,1H3/t22-,23-,26-/m0/s1. The summed E-state index contributed by atoms with van der Waals surface area (Å²) in [4.78, 5) is 0. The Morgan fingerprint density at radius 2 is 1.46 bits per heavy atom. The van der Waals surface area contributed by atoms with Gasteiger partial charge in [-0.2, -0.15) is 0 Å². The average Bonchev–Trinajstić information content (AvgIpc) is 2.77. The lowest BCUT2D eigenvalue weighted by atomic mass is 9.83. The normalized spacial score (nSPS) is 26.5. The predicted molar refractivity (Wildman–Crippen MR) is 122 cm³/mol. The first-order chi connectivity index (χ1) is 13.8. The molecule has 1 saturated heterocycles. The highest BCUT2D eigenvalue weighted by molar-refractivity contribution is 6.98. The summed E-state index contributed by atoms with van der Waals surface area (Å²) in [6, 6.07) is 22.7. The highest BCUT2D eigenvalue weighted by Crippen LogP contribution is 2.48. The lowest BCUT2D eigenvalue weighted by Gasteiger charge is -2.52. The summed E-state index contributed by atoms with van der Waals surface area (Å²) in [6.45, 7) is 2.30. The number of hydrogen-bond acceptors (Lipinski definition) is 1. The minimum Gasteiger partial charge on any atom is -0.405 e. The first kappa shape index (κ1) is 19.9. The van der Waals surface area contributed by atoms with Gasteiger partial charge in [0.2, 0.25) is 0 Å². The van der Waals surface area contributed by atoms with Gasteiger partial charge in [0.05, 0.1) is 0 Å². The molecule has 2 aromatic carbocycles. The van der Waals surface area contributed by atoms with Gasteiger partial charge in [-0.1, -0.05) is 113 Å². The number of benzene rings is 2. The first-order valence-corrected chi connectivity index (χ1v) is 13.6. The van der Waals surface area contributed by atoms with E-state index >= 15 is 0 Å². The van der Waals surface area contributed by atoms with Gasteiger partial charge >= 0.3 is 0 Å². The van der Waals surface area contributed by atoms with Crippen molar-refractivity contribution < 1.29 is 4.43 Å². The molecule has 0 amide bonds. The maximum absolute atomic E-state index is 7.33. The largest absolute Gasteiger partial charge is 0.405 e. The third kappa shape index (κ3) is 4.00. The fourth-order valence-electron chi connectivity index (χ4n) is 5.84. The van der Waals surface area contributed by atoms with E-state index in [1.165, 1.54) is 74.6 Å². The van der Waals surface area contributed by atoms with Crippen molar-refractivity contribution in [2.24, 2.45) is 5.92 Å². The fourth-order valence-corrected chi connectivity index (χ4v) is 11.2. The van der Waals surface area contributed by atoms with Crippen molar-refractivity contribution in [2.45, 2.75) is 82.8 Å². The van der Waals surface area contributed by atoms with Gasteiger partial charge in [0.15, 0.2) is 0 Å². The van der Waals surface area contributed by atoms with E-state index in [0.29, 0.717) is 6.10 Å². The molecule has 0 aromatic heterocycles. The van der Waals surface area contributed by atoms with E-state index in [1.54, 1.807) is 0 Å². The van der Waals surface area contributed by atoms with E-state index in [2.05, 4.69) is 67.6 Å². The molecule has 3 atom stereocenters. The number of hydrogen-bond donors (Lipinski definition) is 0. The summed E-state index contributed by atoms with van der Waals surface area (Å²) < 4.78 is 7.33. The zero-order valence-corrected chi connectivity index (χ0v) is 18.5. The van der Waals surface area contributed by atoms with Crippen LogP contribution in [0, 0.1) is 5.92 Å². The minimum atomic E-state index is -2.23. The summed E-state index contributed by atoms with van der Waals surface area (Å²) in [5.74, 6) is 0.853. The second-order valence-electron chi connectivity index (χ2n) is 8.94. The van der Waals surface area contributed by atoms with Gasteiger partial charge in [-0.25, -0.2) is 0 Å². The van der Waals surface area contributed by atoms with Gasteiger partial charge in [0, 0.05) is 6.10 Å². The second-order valence-corrected chi connectivity index (χ2v) is 12.5. The SMILES string of the molecule is CCCCCC[C@H]1C[C@@H]2CCCC[C@@H]2[Si](c2ccccc2)(c2ccccc2)O1. The Hall–Kier alpha value is -1.38. The number of rotatable bonds is 7. The Kier molecular flexibility index (Phi) is 6.69. The Labute approximate surface area is 172 Å². The molecule has 150 valence electrons. The van der Waals surface area contributed by atoms with Crippen LogP contribution in [0.15, 0.2) is 60.7 Å². The van der Waals surface area contributed by atoms with Crippen LogP contribution < -0.4 is 10.4 Å². The van der Waals surface area contributed by atoms with Crippen LogP contribution in [0.3, 0.4) is 0 Å². The molecule has 1 aliphatic heterocycles. The van der Waals surface area contributed by atoms with Gasteiger partial charge < -0.3 is 4.43 Å². The van der Waals surface area contributed by atoms with Crippen LogP contribution in [0.2, 0.25) is 5.54 Å². The Morgan fingerprint density at radius 3 is 2.11 bits per heavy atom. The number of fused-ring (bicyclic) bond motifs is 1. The third-order valence-corrected chi connectivity index (χ3v) is 12.0. The fraction of sp³-hybridized carbons (Fsp3) is 0.538. The molecule has 2 fully saturated rings. The van der Waals surface area contributed by atoms with E-state index in [4.69, 9.17) is 4.43 Å². The quantitative estimate of drug-likeness (QED) is 0.411. The summed E-state index contributed by atoms with van der Waals surface area (Å²) in [6.07, 6.45) is 13.9. The molecule has 1 heterocycles. The molecule has 1 aliphatic carbocycles. The van der Waals surface area contributed by atoms with Gasteiger partial charge in [-0.3, -0.25) is 0 Å². The molecular formula is C26H36OSi. The van der Waals surface area contributed by atoms with Crippen LogP contribution in [-0.4, -0.2) is 14.4 Å². The lowest BCUT2D eigenvalue weighted by Crippen LogP contribution is -2.69. The van der Waals surface area contributed by atoms with Crippen LogP contribution in [-0.2, 0) is 4.43 Å². The molecule has 28 heavy (non-hydrogen) atoms. The van der Waals surface area contributed by atoms with Crippen molar-refractivity contribution in [1.29, 1.82) is 0 Å². The van der Waals surface area contributed by atoms with Crippen molar-refractivity contribution >= 4 is 18.7 Å². The van der Waals surface area contributed by atoms with Gasteiger partial charge in [-0.15, -0.1) is 0 Å². The molecule has 2 aliphatic rings. The van der Waals surface area contributed by atoms with Crippen LogP contribution >= 0.6 is 0 Å². The van der Waals surface area contributed by atoms with Gasteiger partial charge in [0.25, 0.3) is 8.32 Å². The third-order valence-electron chi connectivity index (χ3n) is 7.13.